The van der Waals surface area contributed by atoms with E-state index in [1.54, 1.807) is 25.3 Å². The number of esters is 1. The Morgan fingerprint density at radius 1 is 1.32 bits per heavy atom. The maximum absolute atomic E-state index is 11.9. The van der Waals surface area contributed by atoms with Crippen molar-refractivity contribution in [3.8, 4) is 11.3 Å². The first-order chi connectivity index (χ1) is 10.7. The summed E-state index contributed by atoms with van der Waals surface area (Å²) in [6, 6.07) is 11.1. The lowest BCUT2D eigenvalue weighted by atomic mass is 10.1. The first-order valence-corrected chi connectivity index (χ1v) is 8.06. The molecule has 4 nitrogen and oxygen atoms in total. The smallest absolute Gasteiger partial charge is 0.338 e. The van der Waals surface area contributed by atoms with Gasteiger partial charge in [-0.05, 0) is 31.2 Å². The van der Waals surface area contributed by atoms with Crippen LogP contribution >= 0.6 is 15.9 Å². The molecule has 1 aromatic carbocycles. The zero-order valence-corrected chi connectivity index (χ0v) is 13.6. The van der Waals surface area contributed by atoms with E-state index < -0.39 is 0 Å². The van der Waals surface area contributed by atoms with E-state index in [1.165, 1.54) is 0 Å². The Morgan fingerprint density at radius 3 is 2.95 bits per heavy atom. The maximum atomic E-state index is 11.9. The highest BCUT2D eigenvalue weighted by Gasteiger charge is 2.13. The van der Waals surface area contributed by atoms with E-state index in [9.17, 15) is 4.79 Å². The molecule has 0 spiro atoms. The van der Waals surface area contributed by atoms with Crippen LogP contribution in [0.4, 0.5) is 0 Å². The molecule has 0 atom stereocenters. The van der Waals surface area contributed by atoms with Crippen LogP contribution in [0.3, 0.4) is 0 Å². The van der Waals surface area contributed by atoms with Crippen molar-refractivity contribution in [1.29, 1.82) is 0 Å². The molecule has 2 heterocycles. The largest absolute Gasteiger partial charge is 0.462 e. The van der Waals surface area contributed by atoms with E-state index in [-0.39, 0.29) is 5.97 Å². The van der Waals surface area contributed by atoms with Crippen LogP contribution in [0, 0.1) is 0 Å². The molecule has 5 heteroatoms. The molecule has 22 heavy (non-hydrogen) atoms. The number of aromatic nitrogens is 1. The number of carbonyl (C=O) groups excluding carboxylic acids is 1. The van der Waals surface area contributed by atoms with Crippen molar-refractivity contribution in [1.82, 2.24) is 4.98 Å². The Morgan fingerprint density at radius 2 is 2.18 bits per heavy atom. The minimum absolute atomic E-state index is 0.336. The van der Waals surface area contributed by atoms with E-state index in [2.05, 4.69) is 20.9 Å². The molecule has 0 N–H and O–H groups in total. The van der Waals surface area contributed by atoms with Crippen molar-refractivity contribution in [2.75, 3.05) is 6.61 Å². The number of ether oxygens (including phenoxy) is 1. The van der Waals surface area contributed by atoms with Gasteiger partial charge in [0.05, 0.1) is 17.5 Å². The molecule has 0 saturated carbocycles. The van der Waals surface area contributed by atoms with Crippen molar-refractivity contribution < 1.29 is 13.9 Å². The number of nitrogens with zero attached hydrogens (tertiary/aromatic N) is 1. The summed E-state index contributed by atoms with van der Waals surface area (Å²) in [4.78, 5) is 16.3. The summed E-state index contributed by atoms with van der Waals surface area (Å²) in [6.07, 6.45) is 1.74. The fraction of sp³-hybridized carbons (Fsp3) is 0.176. The summed E-state index contributed by atoms with van der Waals surface area (Å²) >= 11 is 3.39. The lowest BCUT2D eigenvalue weighted by Crippen LogP contribution is -2.04. The molecular formula is C17H14BrNO3. The predicted octanol–water partition coefficient (Wildman–Crippen LogP) is 4.57. The van der Waals surface area contributed by atoms with Gasteiger partial charge >= 0.3 is 5.97 Å². The van der Waals surface area contributed by atoms with E-state index in [1.807, 2.05) is 24.3 Å². The highest BCUT2D eigenvalue weighted by Crippen LogP contribution is 2.30. The van der Waals surface area contributed by atoms with E-state index >= 15 is 0 Å². The monoisotopic (exact) mass is 359 g/mol. The molecule has 0 bridgehead atoms. The third kappa shape index (κ3) is 2.76. The molecule has 0 fully saturated rings. The van der Waals surface area contributed by atoms with Gasteiger partial charge in [-0.25, -0.2) is 4.79 Å². The van der Waals surface area contributed by atoms with Gasteiger partial charge in [0.2, 0.25) is 0 Å². The zero-order chi connectivity index (χ0) is 15.5. The van der Waals surface area contributed by atoms with Gasteiger partial charge < -0.3 is 9.15 Å². The minimum atomic E-state index is -0.336. The van der Waals surface area contributed by atoms with Gasteiger partial charge in [-0.2, -0.15) is 0 Å². The number of fused-ring (bicyclic) bond motifs is 1. The van der Waals surface area contributed by atoms with Crippen molar-refractivity contribution in [3.63, 3.8) is 0 Å². The number of carbonyl (C=O) groups is 1. The van der Waals surface area contributed by atoms with Crippen LogP contribution in [-0.2, 0) is 10.1 Å². The molecule has 0 aliphatic rings. The number of alkyl halides is 1. The molecule has 0 saturated heterocycles. The molecule has 0 radical (unpaired) electrons. The van der Waals surface area contributed by atoms with E-state index in [0.717, 1.165) is 28.0 Å². The Bertz CT molecular complexity index is 826. The van der Waals surface area contributed by atoms with Crippen LogP contribution in [0.2, 0.25) is 0 Å². The normalized spacial score (nSPS) is 10.8. The molecule has 0 unspecified atom stereocenters. The average Bonchev–Trinajstić information content (AvgIpc) is 2.98. The van der Waals surface area contributed by atoms with Crippen LogP contribution in [0.15, 0.2) is 47.0 Å². The molecule has 0 amide bonds. The Hall–Kier alpha value is -2.14. The maximum Gasteiger partial charge on any atom is 0.338 e. The van der Waals surface area contributed by atoms with Crippen molar-refractivity contribution in [2.45, 2.75) is 12.3 Å². The van der Waals surface area contributed by atoms with Gasteiger partial charge in [0.15, 0.2) is 5.58 Å². The van der Waals surface area contributed by atoms with E-state index in [0.29, 0.717) is 17.5 Å². The zero-order valence-electron chi connectivity index (χ0n) is 12.0. The lowest BCUT2D eigenvalue weighted by Gasteiger charge is -2.05. The number of rotatable bonds is 4. The number of benzene rings is 1. The molecule has 0 aliphatic heterocycles. The van der Waals surface area contributed by atoms with Gasteiger partial charge in [-0.15, -0.1) is 0 Å². The summed E-state index contributed by atoms with van der Waals surface area (Å²) in [5.41, 5.74) is 2.77. The van der Waals surface area contributed by atoms with Crippen molar-refractivity contribution in [2.24, 2.45) is 0 Å². The van der Waals surface area contributed by atoms with Gasteiger partial charge in [0, 0.05) is 17.1 Å². The molecule has 0 aliphatic carbocycles. The Kier molecular flexibility index (Phi) is 4.24. The second-order valence-corrected chi connectivity index (χ2v) is 5.29. The molecule has 112 valence electrons. The molecule has 3 rings (SSSR count). The second kappa shape index (κ2) is 6.32. The van der Waals surface area contributed by atoms with Gasteiger partial charge in [0.25, 0.3) is 0 Å². The molecule has 3 aromatic rings. The second-order valence-electron chi connectivity index (χ2n) is 4.73. The minimum Gasteiger partial charge on any atom is -0.462 e. The van der Waals surface area contributed by atoms with Crippen LogP contribution < -0.4 is 0 Å². The summed E-state index contributed by atoms with van der Waals surface area (Å²) < 4.78 is 10.9. The highest BCUT2D eigenvalue weighted by atomic mass is 79.9. The van der Waals surface area contributed by atoms with Crippen LogP contribution in [0.25, 0.3) is 22.2 Å². The topological polar surface area (TPSA) is 52.3 Å². The van der Waals surface area contributed by atoms with Crippen molar-refractivity contribution >= 4 is 32.9 Å². The average molecular weight is 360 g/mol. The molecular weight excluding hydrogens is 346 g/mol. The highest BCUT2D eigenvalue weighted by molar-refractivity contribution is 9.08. The van der Waals surface area contributed by atoms with Crippen LogP contribution in [0.1, 0.15) is 23.0 Å². The van der Waals surface area contributed by atoms with Crippen LogP contribution in [0.5, 0.6) is 0 Å². The number of hydrogen-bond donors (Lipinski definition) is 0. The number of hydrogen-bond acceptors (Lipinski definition) is 4. The predicted molar refractivity (Wildman–Crippen MR) is 88.0 cm³/mol. The first-order valence-electron chi connectivity index (χ1n) is 6.94. The van der Waals surface area contributed by atoms with Gasteiger partial charge in [-0.3, -0.25) is 4.98 Å². The first kappa shape index (κ1) is 14.8. The fourth-order valence-corrected chi connectivity index (χ4v) is 2.57. The fourth-order valence-electron chi connectivity index (χ4n) is 2.30. The molecule has 2 aromatic heterocycles. The Balaban J connectivity index is 2.09. The number of furan rings is 1. The van der Waals surface area contributed by atoms with Crippen molar-refractivity contribution in [3.05, 3.63) is 53.9 Å². The summed E-state index contributed by atoms with van der Waals surface area (Å²) in [6.45, 7) is 2.14. The third-order valence-corrected chi connectivity index (χ3v) is 3.82. The quantitative estimate of drug-likeness (QED) is 0.505. The van der Waals surface area contributed by atoms with Gasteiger partial charge in [0.1, 0.15) is 11.5 Å². The Labute approximate surface area is 136 Å². The number of halogens is 1. The summed E-state index contributed by atoms with van der Waals surface area (Å²) in [5.74, 6) is 0.503. The summed E-state index contributed by atoms with van der Waals surface area (Å²) in [5, 5.41) is 1.63. The summed E-state index contributed by atoms with van der Waals surface area (Å²) in [7, 11) is 0. The standard InChI is InChI=1S/C17H14BrNO3/c1-2-21-17(20)13-5-3-4-11(8-13)15-16-12(6-7-19-15)9-14(10-18)22-16/h3-9H,2,10H2,1H3. The third-order valence-electron chi connectivity index (χ3n) is 3.26. The van der Waals surface area contributed by atoms with Crippen LogP contribution in [-0.4, -0.2) is 17.6 Å². The SMILES string of the molecule is CCOC(=O)c1cccc(-c2nccc3cc(CBr)oc23)c1. The number of pyridine rings is 1. The van der Waals surface area contributed by atoms with E-state index in [4.69, 9.17) is 9.15 Å². The lowest BCUT2D eigenvalue weighted by molar-refractivity contribution is 0.0526. The van der Waals surface area contributed by atoms with Gasteiger partial charge in [-0.1, -0.05) is 28.1 Å².